The first kappa shape index (κ1) is 16.8. The van der Waals surface area contributed by atoms with E-state index >= 15 is 0 Å². The van der Waals surface area contributed by atoms with Gasteiger partial charge in [-0.1, -0.05) is 23.7 Å². The van der Waals surface area contributed by atoms with Crippen molar-refractivity contribution in [2.75, 3.05) is 0 Å². The highest BCUT2D eigenvalue weighted by Gasteiger charge is 2.21. The summed E-state index contributed by atoms with van der Waals surface area (Å²) in [4.78, 5) is 21.3. The first-order valence-corrected chi connectivity index (χ1v) is 9.14. The Balaban J connectivity index is 1.93. The maximum atomic E-state index is 11.7. The number of halogens is 1. The minimum absolute atomic E-state index is 0.398. The minimum atomic E-state index is -0.398. The van der Waals surface area contributed by atoms with Gasteiger partial charge in [-0.05, 0) is 43.3 Å². The van der Waals surface area contributed by atoms with Gasteiger partial charge in [0.2, 0.25) is 0 Å². The number of hydrogen-bond acceptors (Lipinski definition) is 4. The second kappa shape index (κ2) is 6.07. The van der Waals surface area contributed by atoms with Crippen LogP contribution in [-0.2, 0) is 4.79 Å². The van der Waals surface area contributed by atoms with Crippen LogP contribution >= 0.6 is 11.6 Å². The molecule has 0 bridgehead atoms. The monoisotopic (exact) mass is 390 g/mol. The van der Waals surface area contributed by atoms with E-state index in [2.05, 4.69) is 0 Å². The number of imidazole rings is 1. The van der Waals surface area contributed by atoms with Crippen LogP contribution in [0.25, 0.3) is 33.4 Å². The van der Waals surface area contributed by atoms with E-state index in [-0.39, 0.29) is 0 Å². The first-order valence-electron chi connectivity index (χ1n) is 8.76. The van der Waals surface area contributed by atoms with E-state index < -0.39 is 5.97 Å². The number of ether oxygens (including phenoxy) is 1. The molecule has 5 aromatic rings. The van der Waals surface area contributed by atoms with Crippen LogP contribution in [0, 0.1) is 6.92 Å². The van der Waals surface area contributed by atoms with Crippen LogP contribution in [0.2, 0.25) is 5.02 Å². The molecule has 0 amide bonds. The lowest BCUT2D eigenvalue weighted by Crippen LogP contribution is -2.02. The normalized spacial score (nSPS) is 11.5. The van der Waals surface area contributed by atoms with Crippen molar-refractivity contribution >= 4 is 45.3 Å². The van der Waals surface area contributed by atoms with Gasteiger partial charge in [-0.2, -0.15) is 0 Å². The van der Waals surface area contributed by atoms with Crippen molar-refractivity contribution in [1.82, 2.24) is 18.9 Å². The van der Waals surface area contributed by atoms with E-state index in [0.29, 0.717) is 27.5 Å². The smallest absolute Gasteiger partial charge is 0.308 e. The average molecular weight is 391 g/mol. The third-order valence-electron chi connectivity index (χ3n) is 4.68. The van der Waals surface area contributed by atoms with Crippen molar-refractivity contribution in [3.05, 3.63) is 65.6 Å². The van der Waals surface area contributed by atoms with Gasteiger partial charge in [0.1, 0.15) is 11.2 Å². The molecule has 0 fully saturated rings. The fourth-order valence-electron chi connectivity index (χ4n) is 3.55. The third-order valence-corrected chi connectivity index (χ3v) is 4.93. The van der Waals surface area contributed by atoms with Crippen molar-refractivity contribution in [3.63, 3.8) is 0 Å². The van der Waals surface area contributed by atoms with Crippen LogP contribution < -0.4 is 4.74 Å². The molecule has 0 aliphatic heterocycles. The van der Waals surface area contributed by atoms with E-state index in [0.717, 1.165) is 22.5 Å². The molecule has 0 atom stereocenters. The lowest BCUT2D eigenvalue weighted by atomic mass is 10.3. The summed E-state index contributed by atoms with van der Waals surface area (Å²) in [5.41, 5.74) is 4.04. The predicted molar refractivity (Wildman–Crippen MR) is 108 cm³/mol. The number of aromatic nitrogens is 4. The number of fused-ring (bicyclic) bond motifs is 5. The minimum Gasteiger partial charge on any atom is -0.424 e. The Morgan fingerprint density at radius 1 is 1.04 bits per heavy atom. The van der Waals surface area contributed by atoms with Gasteiger partial charge < -0.3 is 4.74 Å². The van der Waals surface area contributed by atoms with Gasteiger partial charge in [-0.25, -0.2) is 9.97 Å². The van der Waals surface area contributed by atoms with Gasteiger partial charge in [0.05, 0.1) is 17.2 Å². The Kier molecular flexibility index (Phi) is 3.64. The Bertz CT molecular complexity index is 1380. The highest BCUT2D eigenvalue weighted by Crippen LogP contribution is 2.35. The highest BCUT2D eigenvalue weighted by molar-refractivity contribution is 6.30. The van der Waals surface area contributed by atoms with E-state index in [1.807, 2.05) is 64.4 Å². The number of aryl methyl sites for hydroxylation is 1. The number of para-hydroxylation sites is 2. The summed E-state index contributed by atoms with van der Waals surface area (Å²) in [7, 11) is 0. The molecular weight excluding hydrogens is 376 g/mol. The standard InChI is InChI=1S/C21H15ClN4O2/c1-12-23-20-19(21-24-16-5-3-4-6-17(16)26(12)21)18(28-13(2)27)11-25(20)15-9-7-14(22)8-10-15/h3-11H,1-2H3. The Hall–Kier alpha value is -3.38. The fraction of sp³-hybridized carbons (Fsp3) is 0.0952. The van der Waals surface area contributed by atoms with Crippen molar-refractivity contribution in [2.24, 2.45) is 0 Å². The molecule has 0 spiro atoms. The Morgan fingerprint density at radius 2 is 1.79 bits per heavy atom. The number of carbonyl (C=O) groups is 1. The lowest BCUT2D eigenvalue weighted by Gasteiger charge is -2.07. The molecule has 0 saturated carbocycles. The predicted octanol–water partition coefficient (Wildman–Crippen LogP) is 4.71. The van der Waals surface area contributed by atoms with Crippen molar-refractivity contribution in [1.29, 1.82) is 0 Å². The van der Waals surface area contributed by atoms with Gasteiger partial charge >= 0.3 is 5.97 Å². The van der Waals surface area contributed by atoms with E-state index in [4.69, 9.17) is 26.3 Å². The number of rotatable bonds is 2. The zero-order valence-electron chi connectivity index (χ0n) is 15.2. The van der Waals surface area contributed by atoms with E-state index in [1.165, 1.54) is 6.92 Å². The van der Waals surface area contributed by atoms with Crippen molar-refractivity contribution < 1.29 is 9.53 Å². The third kappa shape index (κ3) is 2.46. The molecular formula is C21H15ClN4O2. The van der Waals surface area contributed by atoms with Crippen molar-refractivity contribution in [2.45, 2.75) is 13.8 Å². The molecule has 5 rings (SSSR count). The van der Waals surface area contributed by atoms with Gasteiger partial charge in [0, 0.05) is 17.6 Å². The van der Waals surface area contributed by atoms with Crippen LogP contribution in [0.15, 0.2) is 54.7 Å². The Labute approximate surface area is 165 Å². The van der Waals surface area contributed by atoms with E-state index in [9.17, 15) is 4.79 Å². The summed E-state index contributed by atoms with van der Waals surface area (Å²) in [5.74, 6) is 0.814. The zero-order chi connectivity index (χ0) is 19.4. The summed E-state index contributed by atoms with van der Waals surface area (Å²) in [5, 5.41) is 1.33. The molecule has 28 heavy (non-hydrogen) atoms. The molecule has 6 nitrogen and oxygen atoms in total. The molecule has 0 aliphatic carbocycles. The van der Waals surface area contributed by atoms with Crippen LogP contribution in [0.3, 0.4) is 0 Å². The van der Waals surface area contributed by atoms with Crippen LogP contribution in [0.4, 0.5) is 0 Å². The van der Waals surface area contributed by atoms with Crippen molar-refractivity contribution in [3.8, 4) is 11.4 Å². The largest absolute Gasteiger partial charge is 0.424 e. The fourth-order valence-corrected chi connectivity index (χ4v) is 3.67. The number of benzene rings is 2. The van der Waals surface area contributed by atoms with Crippen LogP contribution in [-0.4, -0.2) is 24.9 Å². The summed E-state index contributed by atoms with van der Waals surface area (Å²) >= 11 is 6.03. The van der Waals surface area contributed by atoms with Crippen LogP contribution in [0.5, 0.6) is 5.75 Å². The second-order valence-electron chi connectivity index (χ2n) is 6.55. The topological polar surface area (TPSA) is 61.4 Å². The van der Waals surface area contributed by atoms with Gasteiger partial charge in [0.15, 0.2) is 17.0 Å². The number of hydrogen-bond donors (Lipinski definition) is 0. The maximum Gasteiger partial charge on any atom is 0.308 e. The lowest BCUT2D eigenvalue weighted by molar-refractivity contribution is -0.131. The average Bonchev–Trinajstić information content (AvgIpc) is 3.21. The quantitative estimate of drug-likeness (QED) is 0.409. The number of carbonyl (C=O) groups excluding carboxylic acids is 1. The molecule has 2 aromatic carbocycles. The molecule has 0 N–H and O–H groups in total. The Morgan fingerprint density at radius 3 is 2.54 bits per heavy atom. The summed E-state index contributed by atoms with van der Waals surface area (Å²) in [6.45, 7) is 3.32. The van der Waals surface area contributed by atoms with E-state index in [1.54, 1.807) is 6.20 Å². The SMILES string of the molecule is CC(=O)Oc1cn(-c2ccc(Cl)cc2)c2nc(C)n3c4ccccc4nc3c12. The van der Waals surface area contributed by atoms with Gasteiger partial charge in [-0.3, -0.25) is 13.8 Å². The van der Waals surface area contributed by atoms with Gasteiger partial charge in [-0.15, -0.1) is 0 Å². The molecule has 7 heteroatoms. The molecule has 0 radical (unpaired) electrons. The van der Waals surface area contributed by atoms with Crippen LogP contribution in [0.1, 0.15) is 12.7 Å². The molecule has 3 aromatic heterocycles. The maximum absolute atomic E-state index is 11.7. The second-order valence-corrected chi connectivity index (χ2v) is 6.99. The summed E-state index contributed by atoms with van der Waals surface area (Å²) in [6.07, 6.45) is 1.76. The number of esters is 1. The molecule has 0 aliphatic rings. The zero-order valence-corrected chi connectivity index (χ0v) is 15.9. The van der Waals surface area contributed by atoms with Gasteiger partial charge in [0.25, 0.3) is 0 Å². The first-order chi connectivity index (χ1) is 13.5. The number of nitrogens with zero attached hydrogens (tertiary/aromatic N) is 4. The summed E-state index contributed by atoms with van der Waals surface area (Å²) in [6, 6.07) is 15.3. The molecule has 3 heterocycles. The molecule has 0 saturated heterocycles. The molecule has 138 valence electrons. The molecule has 0 unspecified atom stereocenters. The highest BCUT2D eigenvalue weighted by atomic mass is 35.5. The summed E-state index contributed by atoms with van der Waals surface area (Å²) < 4.78 is 9.39.